The number of rotatable bonds is 5. The van der Waals surface area contributed by atoms with Crippen LogP contribution in [0.3, 0.4) is 0 Å². The Bertz CT molecular complexity index is 652. The maximum absolute atomic E-state index is 14.6. The molecule has 6 nitrogen and oxygen atoms in total. The van der Waals surface area contributed by atoms with Gasteiger partial charge < -0.3 is 9.84 Å². The topological polar surface area (TPSA) is 94.7 Å². The number of aliphatic hydroxyl groups excluding tert-OH is 1. The van der Waals surface area contributed by atoms with Crippen LogP contribution in [0.5, 0.6) is 5.75 Å². The molecule has 0 fully saturated rings. The van der Waals surface area contributed by atoms with Crippen LogP contribution in [0.25, 0.3) is 0 Å². The Kier molecular flexibility index (Phi) is 5.07. The summed E-state index contributed by atoms with van der Waals surface area (Å²) >= 11 is 0. The third-order valence-electron chi connectivity index (χ3n) is 3.31. The Morgan fingerprint density at radius 1 is 1.59 bits per heavy atom. The van der Waals surface area contributed by atoms with Gasteiger partial charge in [-0.15, -0.1) is 0 Å². The summed E-state index contributed by atoms with van der Waals surface area (Å²) < 4.78 is 19.9. The van der Waals surface area contributed by atoms with Crippen molar-refractivity contribution in [2.75, 3.05) is 13.2 Å². The van der Waals surface area contributed by atoms with E-state index in [1.807, 2.05) is 0 Å². The molecule has 1 atom stereocenters. The molecule has 1 heterocycles. The fourth-order valence-electron chi connectivity index (χ4n) is 2.21. The Labute approximate surface area is 127 Å². The van der Waals surface area contributed by atoms with Crippen molar-refractivity contribution in [3.63, 3.8) is 0 Å². The maximum Gasteiger partial charge on any atom is 0.240 e. The summed E-state index contributed by atoms with van der Waals surface area (Å²) in [5, 5.41) is 21.8. The second kappa shape index (κ2) is 7.00. The zero-order valence-corrected chi connectivity index (χ0v) is 12.1. The van der Waals surface area contributed by atoms with Crippen LogP contribution in [-0.2, 0) is 4.79 Å². The SMILES string of the molecule is CC1CC(=O)NN=C1c1ccc(OCCCO)c(C#N)c1F. The zero-order chi connectivity index (χ0) is 16.1. The van der Waals surface area contributed by atoms with E-state index in [-0.39, 0.29) is 48.3 Å². The summed E-state index contributed by atoms with van der Waals surface area (Å²) in [6.07, 6.45) is 0.610. The van der Waals surface area contributed by atoms with Gasteiger partial charge in [-0.25, -0.2) is 9.82 Å². The molecule has 1 aliphatic rings. The first-order valence-corrected chi connectivity index (χ1v) is 6.91. The number of aliphatic hydroxyl groups is 1. The fourth-order valence-corrected chi connectivity index (χ4v) is 2.21. The van der Waals surface area contributed by atoms with E-state index in [0.717, 1.165) is 0 Å². The lowest BCUT2D eigenvalue weighted by atomic mass is 9.92. The Morgan fingerprint density at radius 2 is 2.36 bits per heavy atom. The van der Waals surface area contributed by atoms with Crippen molar-refractivity contribution >= 4 is 11.6 Å². The second-order valence-corrected chi connectivity index (χ2v) is 4.97. The monoisotopic (exact) mass is 305 g/mol. The normalized spacial score (nSPS) is 17.5. The third-order valence-corrected chi connectivity index (χ3v) is 3.31. The molecule has 0 saturated carbocycles. The number of carbonyl (C=O) groups excluding carboxylic acids is 1. The third kappa shape index (κ3) is 3.23. The first kappa shape index (κ1) is 15.9. The molecule has 1 amide bonds. The molecule has 1 aliphatic heterocycles. The zero-order valence-electron chi connectivity index (χ0n) is 12.1. The van der Waals surface area contributed by atoms with Gasteiger partial charge in [0, 0.05) is 30.9 Å². The average Bonchev–Trinajstić information content (AvgIpc) is 2.49. The van der Waals surface area contributed by atoms with Crippen molar-refractivity contribution in [3.05, 3.63) is 29.1 Å². The molecule has 1 aromatic carbocycles. The van der Waals surface area contributed by atoms with E-state index in [1.165, 1.54) is 12.1 Å². The first-order valence-electron chi connectivity index (χ1n) is 6.91. The lowest BCUT2D eigenvalue weighted by molar-refractivity contribution is -0.121. The van der Waals surface area contributed by atoms with E-state index in [0.29, 0.717) is 12.1 Å². The van der Waals surface area contributed by atoms with E-state index in [2.05, 4.69) is 10.5 Å². The number of nitrogens with zero attached hydrogens (tertiary/aromatic N) is 2. The summed E-state index contributed by atoms with van der Waals surface area (Å²) in [6.45, 7) is 1.92. The molecule has 0 aliphatic carbocycles. The number of hydrogen-bond acceptors (Lipinski definition) is 5. The first-order chi connectivity index (χ1) is 10.6. The van der Waals surface area contributed by atoms with E-state index < -0.39 is 5.82 Å². The second-order valence-electron chi connectivity index (χ2n) is 4.97. The van der Waals surface area contributed by atoms with Gasteiger partial charge in [0.1, 0.15) is 17.4 Å². The molecule has 0 aromatic heterocycles. The molecule has 1 unspecified atom stereocenters. The number of nitriles is 1. The van der Waals surface area contributed by atoms with Crippen molar-refractivity contribution in [3.8, 4) is 11.8 Å². The van der Waals surface area contributed by atoms with Gasteiger partial charge in [0.15, 0.2) is 5.82 Å². The van der Waals surface area contributed by atoms with E-state index in [9.17, 15) is 9.18 Å². The maximum atomic E-state index is 14.6. The van der Waals surface area contributed by atoms with Gasteiger partial charge >= 0.3 is 0 Å². The number of benzene rings is 1. The molecular formula is C15H16FN3O3. The molecule has 1 aromatic rings. The van der Waals surface area contributed by atoms with Crippen LogP contribution < -0.4 is 10.2 Å². The molecule has 0 bridgehead atoms. The van der Waals surface area contributed by atoms with Gasteiger partial charge in [-0.1, -0.05) is 6.92 Å². The van der Waals surface area contributed by atoms with Crippen LogP contribution in [0, 0.1) is 23.1 Å². The largest absolute Gasteiger partial charge is 0.492 e. The summed E-state index contributed by atoms with van der Waals surface area (Å²) in [7, 11) is 0. The minimum absolute atomic E-state index is 0.0452. The highest BCUT2D eigenvalue weighted by Gasteiger charge is 2.26. The van der Waals surface area contributed by atoms with Crippen LogP contribution in [0.1, 0.15) is 30.9 Å². The fraction of sp³-hybridized carbons (Fsp3) is 0.400. The molecule has 2 rings (SSSR count). The molecule has 7 heteroatoms. The molecule has 0 spiro atoms. The number of halogens is 1. The highest BCUT2D eigenvalue weighted by atomic mass is 19.1. The number of hydrogen-bond donors (Lipinski definition) is 2. The van der Waals surface area contributed by atoms with Crippen LogP contribution in [-0.4, -0.2) is 29.9 Å². The number of amides is 1. The Balaban J connectivity index is 2.35. The minimum Gasteiger partial charge on any atom is -0.492 e. The van der Waals surface area contributed by atoms with Gasteiger partial charge in [0.25, 0.3) is 0 Å². The summed E-state index contributed by atoms with van der Waals surface area (Å²) in [5.41, 5.74) is 2.69. The number of nitrogens with one attached hydrogen (secondary N) is 1. The van der Waals surface area contributed by atoms with Crippen molar-refractivity contribution < 1.29 is 19.0 Å². The van der Waals surface area contributed by atoms with E-state index >= 15 is 0 Å². The summed E-state index contributed by atoms with van der Waals surface area (Å²) in [6, 6.07) is 4.77. The minimum atomic E-state index is -0.717. The summed E-state index contributed by atoms with van der Waals surface area (Å²) in [5.74, 6) is -1.05. The smallest absolute Gasteiger partial charge is 0.240 e. The van der Waals surface area contributed by atoms with Gasteiger partial charge in [0.2, 0.25) is 5.91 Å². The number of ether oxygens (including phenoxy) is 1. The molecule has 116 valence electrons. The van der Waals surface area contributed by atoms with E-state index in [1.54, 1.807) is 13.0 Å². The predicted octanol–water partition coefficient (Wildman–Crippen LogP) is 1.32. The lowest BCUT2D eigenvalue weighted by Gasteiger charge is -2.20. The van der Waals surface area contributed by atoms with Gasteiger partial charge in [-0.05, 0) is 12.1 Å². The average molecular weight is 305 g/mol. The molecule has 0 saturated heterocycles. The summed E-state index contributed by atoms with van der Waals surface area (Å²) in [4.78, 5) is 11.3. The van der Waals surface area contributed by atoms with Crippen LogP contribution in [0.4, 0.5) is 4.39 Å². The Hall–Kier alpha value is -2.46. The lowest BCUT2D eigenvalue weighted by Crippen LogP contribution is -2.32. The van der Waals surface area contributed by atoms with Crippen molar-refractivity contribution in [1.82, 2.24) is 5.43 Å². The highest BCUT2D eigenvalue weighted by Crippen LogP contribution is 2.27. The van der Waals surface area contributed by atoms with Crippen molar-refractivity contribution in [2.24, 2.45) is 11.0 Å². The molecule has 0 radical (unpaired) electrons. The molecular weight excluding hydrogens is 289 g/mol. The standard InChI is InChI=1S/C15H16FN3O3/c1-9-7-13(21)18-19-15(9)10-3-4-12(22-6-2-5-20)11(8-17)14(10)16/h3-4,9,20H,2,5-7H2,1H3,(H,18,21). The van der Waals surface area contributed by atoms with Crippen LogP contribution in [0.15, 0.2) is 17.2 Å². The van der Waals surface area contributed by atoms with Gasteiger partial charge in [0.05, 0.1) is 12.3 Å². The van der Waals surface area contributed by atoms with Crippen molar-refractivity contribution in [2.45, 2.75) is 19.8 Å². The predicted molar refractivity (Wildman–Crippen MR) is 76.8 cm³/mol. The van der Waals surface area contributed by atoms with Gasteiger partial charge in [-0.2, -0.15) is 10.4 Å². The highest BCUT2D eigenvalue weighted by molar-refractivity contribution is 6.06. The van der Waals surface area contributed by atoms with Crippen molar-refractivity contribution in [1.29, 1.82) is 5.26 Å². The number of carbonyl (C=O) groups is 1. The molecule has 22 heavy (non-hydrogen) atoms. The van der Waals surface area contributed by atoms with Crippen LogP contribution in [0.2, 0.25) is 0 Å². The van der Waals surface area contributed by atoms with Crippen LogP contribution >= 0.6 is 0 Å². The molecule has 2 N–H and O–H groups in total. The van der Waals surface area contributed by atoms with E-state index in [4.69, 9.17) is 15.1 Å². The Morgan fingerprint density at radius 3 is 3.00 bits per heavy atom. The van der Waals surface area contributed by atoms with Gasteiger partial charge in [-0.3, -0.25) is 4.79 Å². The quantitative estimate of drug-likeness (QED) is 0.802. The number of hydrazone groups is 1.